The van der Waals surface area contributed by atoms with Crippen LogP contribution in [0.25, 0.3) is 5.69 Å². The average Bonchev–Trinajstić information content (AvgIpc) is 3.09. The molecule has 2 amide bonds. The number of aromatic nitrogens is 2. The first-order valence-corrected chi connectivity index (χ1v) is 9.30. The summed E-state index contributed by atoms with van der Waals surface area (Å²) in [6.45, 7) is 5.26. The van der Waals surface area contributed by atoms with Crippen molar-refractivity contribution in [3.8, 4) is 5.69 Å². The van der Waals surface area contributed by atoms with Crippen LogP contribution in [-0.2, 0) is 11.2 Å². The van der Waals surface area contributed by atoms with E-state index in [9.17, 15) is 9.59 Å². The zero-order valence-electron chi connectivity index (χ0n) is 15.9. The Morgan fingerprint density at radius 2 is 1.79 bits per heavy atom. The Bertz CT molecular complexity index is 1040. The van der Waals surface area contributed by atoms with Gasteiger partial charge in [0.1, 0.15) is 0 Å². The molecular weight excluding hydrogens is 376 g/mol. The minimum Gasteiger partial charge on any atom is -0.326 e. The van der Waals surface area contributed by atoms with Crippen molar-refractivity contribution in [1.82, 2.24) is 9.78 Å². The smallest absolute Gasteiger partial charge is 0.259 e. The number of anilines is 2. The summed E-state index contributed by atoms with van der Waals surface area (Å²) >= 11 is 6.08. The third-order valence-corrected chi connectivity index (χ3v) is 4.63. The van der Waals surface area contributed by atoms with E-state index in [2.05, 4.69) is 15.7 Å². The van der Waals surface area contributed by atoms with Crippen molar-refractivity contribution >= 4 is 34.8 Å². The van der Waals surface area contributed by atoms with Crippen molar-refractivity contribution in [3.05, 3.63) is 70.5 Å². The summed E-state index contributed by atoms with van der Waals surface area (Å²) in [5, 5.41) is 10.7. The third kappa shape index (κ3) is 4.07. The van der Waals surface area contributed by atoms with Crippen LogP contribution in [0, 0.1) is 6.92 Å². The molecule has 2 aromatic carbocycles. The number of hydrogen-bond donors (Lipinski definition) is 2. The van der Waals surface area contributed by atoms with Crippen molar-refractivity contribution in [3.63, 3.8) is 0 Å². The number of amides is 2. The molecule has 0 aliphatic carbocycles. The third-order valence-electron chi connectivity index (χ3n) is 4.39. The molecular formula is C21H21ClN4O2. The number of nitrogens with one attached hydrogen (secondary N) is 2. The van der Waals surface area contributed by atoms with Crippen LogP contribution in [0.1, 0.15) is 35.5 Å². The van der Waals surface area contributed by atoms with Gasteiger partial charge in [-0.25, -0.2) is 4.68 Å². The fourth-order valence-corrected chi connectivity index (χ4v) is 3.20. The lowest BCUT2D eigenvalue weighted by atomic mass is 10.1. The Hall–Kier alpha value is -3.12. The molecule has 0 spiro atoms. The molecule has 0 saturated heterocycles. The number of carbonyl (C=O) groups is 2. The van der Waals surface area contributed by atoms with E-state index in [1.807, 2.05) is 26.0 Å². The second-order valence-corrected chi connectivity index (χ2v) is 6.80. The zero-order valence-corrected chi connectivity index (χ0v) is 16.7. The molecule has 7 heteroatoms. The SMILES string of the molecule is CCc1c(C(=O)Nc2cccc(NC(C)=O)c2C)cnn1-c1cccc(Cl)c1. The van der Waals surface area contributed by atoms with Gasteiger partial charge in [-0.15, -0.1) is 0 Å². The Balaban J connectivity index is 1.91. The van der Waals surface area contributed by atoms with Gasteiger partial charge >= 0.3 is 0 Å². The Morgan fingerprint density at radius 3 is 2.43 bits per heavy atom. The lowest BCUT2D eigenvalue weighted by Crippen LogP contribution is -2.16. The molecule has 0 bridgehead atoms. The van der Waals surface area contributed by atoms with Crippen molar-refractivity contribution in [2.45, 2.75) is 27.2 Å². The first-order chi connectivity index (χ1) is 13.4. The summed E-state index contributed by atoms with van der Waals surface area (Å²) in [7, 11) is 0. The maximum Gasteiger partial charge on any atom is 0.259 e. The van der Waals surface area contributed by atoms with Gasteiger partial charge in [0.05, 0.1) is 23.1 Å². The van der Waals surface area contributed by atoms with Crippen LogP contribution < -0.4 is 10.6 Å². The molecule has 1 heterocycles. The van der Waals surface area contributed by atoms with Crippen LogP contribution in [0.4, 0.5) is 11.4 Å². The Morgan fingerprint density at radius 1 is 1.11 bits per heavy atom. The van der Waals surface area contributed by atoms with E-state index in [1.54, 1.807) is 41.2 Å². The average molecular weight is 397 g/mol. The summed E-state index contributed by atoms with van der Waals surface area (Å²) in [6.07, 6.45) is 2.18. The van der Waals surface area contributed by atoms with Crippen molar-refractivity contribution in [2.24, 2.45) is 0 Å². The topological polar surface area (TPSA) is 76.0 Å². The van der Waals surface area contributed by atoms with E-state index in [-0.39, 0.29) is 11.8 Å². The van der Waals surface area contributed by atoms with Gasteiger partial charge in [-0.05, 0) is 49.2 Å². The van der Waals surface area contributed by atoms with Gasteiger partial charge < -0.3 is 10.6 Å². The van der Waals surface area contributed by atoms with Gasteiger partial charge in [0.25, 0.3) is 5.91 Å². The molecule has 1 aromatic heterocycles. The van der Waals surface area contributed by atoms with Gasteiger partial charge in [-0.2, -0.15) is 5.10 Å². The fraction of sp³-hybridized carbons (Fsp3) is 0.190. The monoisotopic (exact) mass is 396 g/mol. The molecule has 0 radical (unpaired) electrons. The summed E-state index contributed by atoms with van der Waals surface area (Å²) in [4.78, 5) is 24.3. The highest BCUT2D eigenvalue weighted by Gasteiger charge is 2.18. The minimum absolute atomic E-state index is 0.164. The molecule has 28 heavy (non-hydrogen) atoms. The van der Waals surface area contributed by atoms with Gasteiger partial charge in [-0.3, -0.25) is 9.59 Å². The molecule has 144 valence electrons. The number of benzene rings is 2. The molecule has 0 saturated carbocycles. The maximum atomic E-state index is 12.9. The minimum atomic E-state index is -0.256. The van der Waals surface area contributed by atoms with E-state index in [0.29, 0.717) is 28.4 Å². The highest BCUT2D eigenvalue weighted by molar-refractivity contribution is 6.30. The molecule has 0 unspecified atom stereocenters. The lowest BCUT2D eigenvalue weighted by Gasteiger charge is -2.13. The summed E-state index contributed by atoms with van der Waals surface area (Å²) in [5.41, 5.74) is 4.16. The Kier molecular flexibility index (Phi) is 5.80. The molecule has 3 aromatic rings. The van der Waals surface area contributed by atoms with Gasteiger partial charge in [0, 0.05) is 23.3 Å². The quantitative estimate of drug-likeness (QED) is 0.661. The zero-order chi connectivity index (χ0) is 20.3. The van der Waals surface area contributed by atoms with Crippen LogP contribution in [0.5, 0.6) is 0 Å². The summed E-state index contributed by atoms with van der Waals surface area (Å²) in [6, 6.07) is 12.7. The molecule has 0 aliphatic heterocycles. The largest absolute Gasteiger partial charge is 0.326 e. The molecule has 3 rings (SSSR count). The van der Waals surface area contributed by atoms with Gasteiger partial charge in [0.2, 0.25) is 5.91 Å². The number of halogens is 1. The lowest BCUT2D eigenvalue weighted by molar-refractivity contribution is -0.114. The van der Waals surface area contributed by atoms with Crippen LogP contribution in [-0.4, -0.2) is 21.6 Å². The molecule has 2 N–H and O–H groups in total. The molecule has 0 aliphatic rings. The van der Waals surface area contributed by atoms with E-state index < -0.39 is 0 Å². The van der Waals surface area contributed by atoms with E-state index in [4.69, 9.17) is 11.6 Å². The first kappa shape index (κ1) is 19.6. The normalized spacial score (nSPS) is 10.6. The number of rotatable bonds is 5. The number of hydrogen-bond acceptors (Lipinski definition) is 3. The second-order valence-electron chi connectivity index (χ2n) is 6.36. The standard InChI is InChI=1S/C21H21ClN4O2/c1-4-20-17(12-23-26(20)16-8-5-7-15(22)11-16)21(28)25-19-10-6-9-18(13(19)2)24-14(3)27/h5-12H,4H2,1-3H3,(H,24,27)(H,25,28). The van der Waals surface area contributed by atoms with Crippen LogP contribution in [0.2, 0.25) is 5.02 Å². The number of nitrogens with zero attached hydrogens (tertiary/aromatic N) is 2. The van der Waals surface area contributed by atoms with Gasteiger partial charge in [-0.1, -0.05) is 30.7 Å². The maximum absolute atomic E-state index is 12.9. The van der Waals surface area contributed by atoms with E-state index in [0.717, 1.165) is 16.9 Å². The first-order valence-electron chi connectivity index (χ1n) is 8.92. The van der Waals surface area contributed by atoms with E-state index in [1.165, 1.54) is 6.92 Å². The summed E-state index contributed by atoms with van der Waals surface area (Å²) < 4.78 is 1.72. The molecule has 0 fully saturated rings. The van der Waals surface area contributed by atoms with Crippen LogP contribution in [0.3, 0.4) is 0 Å². The van der Waals surface area contributed by atoms with Crippen molar-refractivity contribution in [2.75, 3.05) is 10.6 Å². The van der Waals surface area contributed by atoms with Crippen LogP contribution >= 0.6 is 11.6 Å². The fourth-order valence-electron chi connectivity index (χ4n) is 3.02. The highest BCUT2D eigenvalue weighted by Crippen LogP contribution is 2.25. The predicted octanol–water partition coefficient (Wildman–Crippen LogP) is 4.61. The highest BCUT2D eigenvalue weighted by atomic mass is 35.5. The van der Waals surface area contributed by atoms with Crippen LogP contribution in [0.15, 0.2) is 48.7 Å². The summed E-state index contributed by atoms with van der Waals surface area (Å²) in [5.74, 6) is -0.421. The molecule has 0 atom stereocenters. The second kappa shape index (κ2) is 8.27. The molecule has 6 nitrogen and oxygen atoms in total. The van der Waals surface area contributed by atoms with E-state index >= 15 is 0 Å². The van der Waals surface area contributed by atoms with Gasteiger partial charge in [0.15, 0.2) is 0 Å². The predicted molar refractivity (Wildman–Crippen MR) is 111 cm³/mol. The Labute approximate surface area is 168 Å². The number of carbonyl (C=O) groups excluding carboxylic acids is 2. The van der Waals surface area contributed by atoms with Crippen molar-refractivity contribution in [1.29, 1.82) is 0 Å². The van der Waals surface area contributed by atoms with Crippen molar-refractivity contribution < 1.29 is 9.59 Å².